The summed E-state index contributed by atoms with van der Waals surface area (Å²) in [7, 11) is 1.53. The fraction of sp³-hybridized carbons (Fsp3) is 0.133. The SMILES string of the molecule is COc1ccccc1-c1ccc(C#N)c(OC(F)F)c1. The van der Waals surface area contributed by atoms with Gasteiger partial charge in [0.1, 0.15) is 17.6 Å². The Morgan fingerprint density at radius 2 is 1.85 bits per heavy atom. The van der Waals surface area contributed by atoms with Crippen molar-refractivity contribution < 1.29 is 18.3 Å². The molecule has 0 N–H and O–H groups in total. The highest BCUT2D eigenvalue weighted by molar-refractivity contribution is 5.72. The van der Waals surface area contributed by atoms with Crippen molar-refractivity contribution in [1.29, 1.82) is 5.26 Å². The van der Waals surface area contributed by atoms with Crippen LogP contribution in [0, 0.1) is 11.3 Å². The Kier molecular flexibility index (Phi) is 4.16. The molecule has 0 bridgehead atoms. The molecule has 0 amide bonds. The number of para-hydroxylation sites is 1. The second-order valence-electron chi connectivity index (χ2n) is 3.90. The summed E-state index contributed by atoms with van der Waals surface area (Å²) in [5, 5.41) is 8.89. The number of halogens is 2. The highest BCUT2D eigenvalue weighted by atomic mass is 19.3. The van der Waals surface area contributed by atoms with Gasteiger partial charge in [-0.25, -0.2) is 0 Å². The third-order valence-electron chi connectivity index (χ3n) is 2.74. The number of methoxy groups -OCH3 is 1. The Morgan fingerprint density at radius 3 is 2.50 bits per heavy atom. The van der Waals surface area contributed by atoms with E-state index in [9.17, 15) is 8.78 Å². The molecule has 0 aromatic heterocycles. The smallest absolute Gasteiger partial charge is 0.387 e. The summed E-state index contributed by atoms with van der Waals surface area (Å²) in [6.07, 6.45) is 0. The molecular weight excluding hydrogens is 264 g/mol. The van der Waals surface area contributed by atoms with Crippen molar-refractivity contribution in [3.8, 4) is 28.7 Å². The van der Waals surface area contributed by atoms with E-state index in [1.807, 2.05) is 18.2 Å². The molecule has 0 fully saturated rings. The van der Waals surface area contributed by atoms with Gasteiger partial charge in [-0.2, -0.15) is 14.0 Å². The summed E-state index contributed by atoms with van der Waals surface area (Å²) < 4.78 is 34.3. The third kappa shape index (κ3) is 2.86. The summed E-state index contributed by atoms with van der Waals surface area (Å²) in [5.74, 6) is 0.464. The lowest BCUT2D eigenvalue weighted by Crippen LogP contribution is -2.03. The van der Waals surface area contributed by atoms with E-state index in [1.165, 1.54) is 19.2 Å². The molecule has 20 heavy (non-hydrogen) atoms. The zero-order valence-corrected chi connectivity index (χ0v) is 10.6. The largest absolute Gasteiger partial charge is 0.496 e. The maximum atomic E-state index is 12.4. The Labute approximate surface area is 115 Å². The molecule has 2 rings (SSSR count). The van der Waals surface area contributed by atoms with Gasteiger partial charge in [0.2, 0.25) is 0 Å². The molecule has 2 aromatic rings. The Bertz CT molecular complexity index is 651. The number of hydrogen-bond acceptors (Lipinski definition) is 3. The Morgan fingerprint density at radius 1 is 1.10 bits per heavy atom. The van der Waals surface area contributed by atoms with Crippen LogP contribution in [0.5, 0.6) is 11.5 Å². The quantitative estimate of drug-likeness (QED) is 0.851. The maximum absolute atomic E-state index is 12.4. The zero-order chi connectivity index (χ0) is 14.5. The molecule has 2 aromatic carbocycles. The fourth-order valence-corrected chi connectivity index (χ4v) is 1.86. The van der Waals surface area contributed by atoms with E-state index < -0.39 is 6.61 Å². The van der Waals surface area contributed by atoms with Crippen molar-refractivity contribution in [1.82, 2.24) is 0 Å². The van der Waals surface area contributed by atoms with Crippen LogP contribution in [0.2, 0.25) is 0 Å². The predicted octanol–water partition coefficient (Wildman–Crippen LogP) is 3.84. The van der Waals surface area contributed by atoms with E-state index in [4.69, 9.17) is 10.00 Å². The summed E-state index contributed by atoms with van der Waals surface area (Å²) >= 11 is 0. The molecule has 0 saturated carbocycles. The third-order valence-corrected chi connectivity index (χ3v) is 2.74. The number of nitrogens with zero attached hydrogens (tertiary/aromatic N) is 1. The van der Waals surface area contributed by atoms with Crippen LogP contribution in [-0.2, 0) is 0 Å². The topological polar surface area (TPSA) is 42.2 Å². The van der Waals surface area contributed by atoms with Gasteiger partial charge < -0.3 is 9.47 Å². The van der Waals surface area contributed by atoms with Crippen molar-refractivity contribution >= 4 is 0 Å². The first kappa shape index (κ1) is 13.8. The molecule has 0 saturated heterocycles. The molecule has 0 spiro atoms. The number of nitriles is 1. The van der Waals surface area contributed by atoms with Crippen LogP contribution >= 0.6 is 0 Å². The van der Waals surface area contributed by atoms with E-state index in [-0.39, 0.29) is 11.3 Å². The highest BCUT2D eigenvalue weighted by Crippen LogP contribution is 2.33. The van der Waals surface area contributed by atoms with Crippen LogP contribution in [0.3, 0.4) is 0 Å². The minimum Gasteiger partial charge on any atom is -0.496 e. The molecule has 0 radical (unpaired) electrons. The zero-order valence-electron chi connectivity index (χ0n) is 10.6. The number of alkyl halides is 2. The molecule has 0 atom stereocenters. The summed E-state index contributed by atoms with van der Waals surface area (Å²) in [6, 6.07) is 13.5. The molecule has 0 aliphatic rings. The van der Waals surface area contributed by atoms with Gasteiger partial charge in [0.15, 0.2) is 0 Å². The molecule has 0 aliphatic carbocycles. The van der Waals surface area contributed by atoms with Gasteiger partial charge >= 0.3 is 6.61 Å². The van der Waals surface area contributed by atoms with Crippen LogP contribution in [0.1, 0.15) is 5.56 Å². The standard InChI is InChI=1S/C15H11F2NO2/c1-19-13-5-3-2-4-12(13)10-6-7-11(9-18)14(8-10)20-15(16)17/h2-8,15H,1H3. The van der Waals surface area contributed by atoms with Gasteiger partial charge in [-0.3, -0.25) is 0 Å². The Hall–Kier alpha value is -2.61. The first-order valence-electron chi connectivity index (χ1n) is 5.78. The predicted molar refractivity (Wildman–Crippen MR) is 69.8 cm³/mol. The average Bonchev–Trinajstić information content (AvgIpc) is 2.46. The van der Waals surface area contributed by atoms with Gasteiger partial charge in [-0.1, -0.05) is 24.3 Å². The van der Waals surface area contributed by atoms with E-state index in [2.05, 4.69) is 4.74 Å². The average molecular weight is 275 g/mol. The number of benzene rings is 2. The lowest BCUT2D eigenvalue weighted by molar-refractivity contribution is -0.0500. The van der Waals surface area contributed by atoms with Gasteiger partial charge in [0.05, 0.1) is 12.7 Å². The second-order valence-corrected chi connectivity index (χ2v) is 3.90. The normalized spacial score (nSPS) is 10.2. The van der Waals surface area contributed by atoms with Crippen molar-refractivity contribution in [2.45, 2.75) is 6.61 Å². The molecule has 5 heteroatoms. The summed E-state index contributed by atoms with van der Waals surface area (Å²) in [4.78, 5) is 0. The monoisotopic (exact) mass is 275 g/mol. The van der Waals surface area contributed by atoms with Gasteiger partial charge in [0.25, 0.3) is 0 Å². The van der Waals surface area contributed by atoms with Crippen molar-refractivity contribution in [2.24, 2.45) is 0 Å². The molecule has 0 unspecified atom stereocenters. The maximum Gasteiger partial charge on any atom is 0.387 e. The van der Waals surface area contributed by atoms with E-state index in [0.29, 0.717) is 11.3 Å². The second kappa shape index (κ2) is 6.02. The Balaban J connectivity index is 2.50. The molecule has 102 valence electrons. The summed E-state index contributed by atoms with van der Waals surface area (Å²) in [5.41, 5.74) is 1.43. The van der Waals surface area contributed by atoms with Gasteiger partial charge in [-0.15, -0.1) is 0 Å². The lowest BCUT2D eigenvalue weighted by atomic mass is 10.0. The minimum atomic E-state index is -2.98. The van der Waals surface area contributed by atoms with Crippen molar-refractivity contribution in [3.05, 3.63) is 48.0 Å². The number of ether oxygens (including phenoxy) is 2. The number of hydrogen-bond donors (Lipinski definition) is 0. The first-order valence-corrected chi connectivity index (χ1v) is 5.78. The number of rotatable bonds is 4. The van der Waals surface area contributed by atoms with Crippen LogP contribution in [0.25, 0.3) is 11.1 Å². The van der Waals surface area contributed by atoms with Crippen LogP contribution < -0.4 is 9.47 Å². The molecule has 0 aliphatic heterocycles. The lowest BCUT2D eigenvalue weighted by Gasteiger charge is -2.11. The molecular formula is C15H11F2NO2. The minimum absolute atomic E-state index is 0.0592. The van der Waals surface area contributed by atoms with Crippen LogP contribution in [-0.4, -0.2) is 13.7 Å². The molecule has 3 nitrogen and oxygen atoms in total. The van der Waals surface area contributed by atoms with Gasteiger partial charge in [0, 0.05) is 5.56 Å². The summed E-state index contributed by atoms with van der Waals surface area (Å²) in [6.45, 7) is -2.98. The van der Waals surface area contributed by atoms with Crippen molar-refractivity contribution in [3.63, 3.8) is 0 Å². The van der Waals surface area contributed by atoms with E-state index in [1.54, 1.807) is 18.2 Å². The van der Waals surface area contributed by atoms with Gasteiger partial charge in [-0.05, 0) is 23.8 Å². The highest BCUT2D eigenvalue weighted by Gasteiger charge is 2.13. The van der Waals surface area contributed by atoms with E-state index >= 15 is 0 Å². The van der Waals surface area contributed by atoms with Crippen LogP contribution in [0.4, 0.5) is 8.78 Å². The first-order chi connectivity index (χ1) is 9.65. The molecule has 0 heterocycles. The van der Waals surface area contributed by atoms with Crippen LogP contribution in [0.15, 0.2) is 42.5 Å². The fourth-order valence-electron chi connectivity index (χ4n) is 1.86. The van der Waals surface area contributed by atoms with Crippen molar-refractivity contribution in [2.75, 3.05) is 7.11 Å². The van der Waals surface area contributed by atoms with E-state index in [0.717, 1.165) is 5.56 Å².